The minimum Gasteiger partial charge on any atom is -0.364 e. The zero-order valence-corrected chi connectivity index (χ0v) is 13.8. The van der Waals surface area contributed by atoms with E-state index in [1.165, 1.54) is 5.69 Å². The molecule has 1 aromatic rings. The summed E-state index contributed by atoms with van der Waals surface area (Å²) in [6, 6.07) is 5.46. The van der Waals surface area contributed by atoms with Crippen LogP contribution in [0.5, 0.6) is 0 Å². The fraction of sp³-hybridized carbons (Fsp3) is 0.706. The maximum absolute atomic E-state index is 4.64. The number of aryl methyl sites for hydroxylation is 2. The number of pyridine rings is 1. The Kier molecular flexibility index (Phi) is 4.38. The average molecular weight is 275 g/mol. The number of rotatable bonds is 2. The molecule has 0 spiro atoms. The second-order valence-electron chi connectivity index (χ2n) is 7.10. The molecule has 1 aliphatic heterocycles. The molecule has 0 bridgehead atoms. The molecule has 0 aromatic carbocycles. The van der Waals surface area contributed by atoms with Crippen LogP contribution >= 0.6 is 0 Å². The highest BCUT2D eigenvalue weighted by atomic mass is 15.2. The first-order valence-corrected chi connectivity index (χ1v) is 7.77. The predicted octanol–water partition coefficient (Wildman–Crippen LogP) is 3.30. The summed E-state index contributed by atoms with van der Waals surface area (Å²) in [5.74, 6) is 0. The summed E-state index contributed by atoms with van der Waals surface area (Å²) < 4.78 is 0. The van der Waals surface area contributed by atoms with Gasteiger partial charge in [0.15, 0.2) is 0 Å². The van der Waals surface area contributed by atoms with Gasteiger partial charge >= 0.3 is 0 Å². The largest absolute Gasteiger partial charge is 0.364 e. The first kappa shape index (κ1) is 15.3. The highest BCUT2D eigenvalue weighted by Gasteiger charge is 2.34. The van der Waals surface area contributed by atoms with Crippen LogP contribution in [0.2, 0.25) is 0 Å². The summed E-state index contributed by atoms with van der Waals surface area (Å²) in [5, 5.41) is 3.73. The Labute approximate surface area is 123 Å². The summed E-state index contributed by atoms with van der Waals surface area (Å²) in [7, 11) is 0. The van der Waals surface area contributed by atoms with Crippen molar-refractivity contribution in [2.75, 3.05) is 18.0 Å². The molecule has 2 heterocycles. The minimum atomic E-state index is 0.281. The Hall–Kier alpha value is -1.09. The average Bonchev–Trinajstić information content (AvgIpc) is 2.37. The van der Waals surface area contributed by atoms with Crippen molar-refractivity contribution in [2.45, 2.75) is 60.0 Å². The molecule has 0 aliphatic carbocycles. The lowest BCUT2D eigenvalue weighted by molar-refractivity contribution is 0.233. The molecular formula is C17H29N3. The van der Waals surface area contributed by atoms with Crippen LogP contribution < -0.4 is 10.2 Å². The van der Waals surface area contributed by atoms with Gasteiger partial charge in [-0.1, -0.05) is 27.7 Å². The molecule has 1 saturated heterocycles. The van der Waals surface area contributed by atoms with E-state index >= 15 is 0 Å². The molecule has 1 aromatic heterocycles. The topological polar surface area (TPSA) is 28.2 Å². The molecule has 0 saturated carbocycles. The van der Waals surface area contributed by atoms with Gasteiger partial charge in [-0.05, 0) is 37.8 Å². The molecular weight excluding hydrogens is 246 g/mol. The van der Waals surface area contributed by atoms with Gasteiger partial charge in [-0.25, -0.2) is 0 Å². The normalized spacial score (nSPS) is 24.0. The fourth-order valence-corrected chi connectivity index (χ4v) is 3.02. The molecule has 112 valence electrons. The van der Waals surface area contributed by atoms with Crippen molar-refractivity contribution in [1.82, 2.24) is 10.3 Å². The maximum Gasteiger partial charge on any atom is 0.0609 e. The fourth-order valence-electron chi connectivity index (χ4n) is 3.02. The molecule has 1 fully saturated rings. The second kappa shape index (κ2) is 5.72. The lowest BCUT2D eigenvalue weighted by Gasteiger charge is -2.46. The molecule has 2 atom stereocenters. The van der Waals surface area contributed by atoms with Crippen LogP contribution in [0.15, 0.2) is 12.1 Å². The number of aromatic nitrogens is 1. The molecule has 1 aliphatic rings. The zero-order chi connectivity index (χ0) is 14.9. The zero-order valence-electron chi connectivity index (χ0n) is 13.8. The lowest BCUT2D eigenvalue weighted by atomic mass is 9.84. The van der Waals surface area contributed by atoms with Crippen molar-refractivity contribution < 1.29 is 0 Å². The molecule has 0 radical (unpaired) electrons. The van der Waals surface area contributed by atoms with Crippen LogP contribution in [0.1, 0.15) is 45.5 Å². The molecule has 1 N–H and O–H groups in total. The summed E-state index contributed by atoms with van der Waals surface area (Å²) in [4.78, 5) is 7.21. The van der Waals surface area contributed by atoms with Crippen LogP contribution in [0, 0.1) is 19.3 Å². The van der Waals surface area contributed by atoms with E-state index < -0.39 is 0 Å². The smallest absolute Gasteiger partial charge is 0.0609 e. The SMILES string of the molecule is CCC1CNC(C(C)(C)C)CN1c1ccc(C)nc1C. The van der Waals surface area contributed by atoms with E-state index in [2.05, 4.69) is 68.9 Å². The predicted molar refractivity (Wildman–Crippen MR) is 86.4 cm³/mol. The number of hydrogen-bond acceptors (Lipinski definition) is 3. The number of anilines is 1. The highest BCUT2D eigenvalue weighted by molar-refractivity contribution is 5.52. The van der Waals surface area contributed by atoms with Crippen LogP contribution in [-0.2, 0) is 0 Å². The van der Waals surface area contributed by atoms with Gasteiger partial charge in [-0.3, -0.25) is 4.98 Å². The van der Waals surface area contributed by atoms with Gasteiger partial charge in [0.2, 0.25) is 0 Å². The number of piperazine rings is 1. The molecule has 20 heavy (non-hydrogen) atoms. The molecule has 2 unspecified atom stereocenters. The summed E-state index contributed by atoms with van der Waals surface area (Å²) in [6.07, 6.45) is 1.16. The van der Waals surface area contributed by atoms with Crippen molar-refractivity contribution in [3.63, 3.8) is 0 Å². The third-order valence-corrected chi connectivity index (χ3v) is 4.44. The first-order valence-electron chi connectivity index (χ1n) is 7.77. The minimum absolute atomic E-state index is 0.281. The standard InChI is InChI=1S/C17H29N3/c1-7-14-10-18-16(17(4,5)6)11-20(14)15-9-8-12(2)19-13(15)3/h8-9,14,16,18H,7,10-11H2,1-6H3. The quantitative estimate of drug-likeness (QED) is 0.897. The molecule has 0 amide bonds. The van der Waals surface area contributed by atoms with E-state index in [-0.39, 0.29) is 5.41 Å². The van der Waals surface area contributed by atoms with E-state index in [1.807, 2.05) is 0 Å². The van der Waals surface area contributed by atoms with E-state index in [0.29, 0.717) is 12.1 Å². The molecule has 3 nitrogen and oxygen atoms in total. The number of hydrogen-bond donors (Lipinski definition) is 1. The van der Waals surface area contributed by atoms with Crippen molar-refractivity contribution >= 4 is 5.69 Å². The van der Waals surface area contributed by atoms with Crippen molar-refractivity contribution in [1.29, 1.82) is 0 Å². The summed E-state index contributed by atoms with van der Waals surface area (Å²) in [5.41, 5.74) is 3.83. The van der Waals surface area contributed by atoms with E-state index in [9.17, 15) is 0 Å². The Morgan fingerprint density at radius 1 is 1.30 bits per heavy atom. The summed E-state index contributed by atoms with van der Waals surface area (Å²) >= 11 is 0. The van der Waals surface area contributed by atoms with Gasteiger partial charge in [-0.2, -0.15) is 0 Å². The molecule has 3 heteroatoms. The van der Waals surface area contributed by atoms with E-state index in [1.54, 1.807) is 0 Å². The monoisotopic (exact) mass is 275 g/mol. The van der Waals surface area contributed by atoms with Gasteiger partial charge in [-0.15, -0.1) is 0 Å². The van der Waals surface area contributed by atoms with Crippen molar-refractivity contribution in [3.05, 3.63) is 23.5 Å². The van der Waals surface area contributed by atoms with Crippen LogP contribution in [0.4, 0.5) is 5.69 Å². The van der Waals surface area contributed by atoms with E-state index in [4.69, 9.17) is 0 Å². The lowest BCUT2D eigenvalue weighted by Crippen LogP contribution is -2.60. The molecule has 2 rings (SSSR count). The van der Waals surface area contributed by atoms with Crippen LogP contribution in [-0.4, -0.2) is 30.2 Å². The summed E-state index contributed by atoms with van der Waals surface area (Å²) in [6.45, 7) is 15.5. The Morgan fingerprint density at radius 3 is 2.55 bits per heavy atom. The van der Waals surface area contributed by atoms with Gasteiger partial charge in [0, 0.05) is 30.9 Å². The Morgan fingerprint density at radius 2 is 2.00 bits per heavy atom. The van der Waals surface area contributed by atoms with Gasteiger partial charge in [0.25, 0.3) is 0 Å². The third kappa shape index (κ3) is 3.14. The number of nitrogens with zero attached hydrogens (tertiary/aromatic N) is 2. The Balaban J connectivity index is 2.29. The van der Waals surface area contributed by atoms with Crippen LogP contribution in [0.25, 0.3) is 0 Å². The van der Waals surface area contributed by atoms with Gasteiger partial charge in [0.05, 0.1) is 11.4 Å². The van der Waals surface area contributed by atoms with Crippen molar-refractivity contribution in [3.8, 4) is 0 Å². The van der Waals surface area contributed by atoms with Crippen LogP contribution in [0.3, 0.4) is 0 Å². The Bertz CT molecular complexity index is 462. The maximum atomic E-state index is 4.64. The van der Waals surface area contributed by atoms with Gasteiger partial charge < -0.3 is 10.2 Å². The first-order chi connectivity index (χ1) is 9.32. The van der Waals surface area contributed by atoms with Crippen molar-refractivity contribution in [2.24, 2.45) is 5.41 Å². The van der Waals surface area contributed by atoms with E-state index in [0.717, 1.165) is 30.9 Å². The van der Waals surface area contributed by atoms with Gasteiger partial charge in [0.1, 0.15) is 0 Å². The highest BCUT2D eigenvalue weighted by Crippen LogP contribution is 2.29. The number of nitrogens with one attached hydrogen (secondary N) is 1. The third-order valence-electron chi connectivity index (χ3n) is 4.44. The second-order valence-corrected chi connectivity index (χ2v) is 7.10.